The Balaban J connectivity index is 2.25. The number of ketones is 1. The van der Waals surface area contributed by atoms with Gasteiger partial charge in [0, 0.05) is 11.1 Å². The molecule has 2 aromatic rings. The molecule has 0 bridgehead atoms. The van der Waals surface area contributed by atoms with Gasteiger partial charge >= 0.3 is 5.97 Å². The zero-order chi connectivity index (χ0) is 27.6. The van der Waals surface area contributed by atoms with Crippen molar-refractivity contribution in [2.24, 2.45) is 5.41 Å². The van der Waals surface area contributed by atoms with Gasteiger partial charge in [0.2, 0.25) is 6.79 Å². The number of rotatable bonds is 12. The van der Waals surface area contributed by atoms with Gasteiger partial charge in [0.25, 0.3) is 0 Å². The van der Waals surface area contributed by atoms with Crippen LogP contribution < -0.4 is 14.2 Å². The average molecular weight is 511 g/mol. The van der Waals surface area contributed by atoms with Crippen molar-refractivity contribution in [3.05, 3.63) is 59.2 Å². The Hall–Kier alpha value is -3.28. The van der Waals surface area contributed by atoms with Crippen LogP contribution in [0.5, 0.6) is 17.2 Å². The minimum Gasteiger partial charge on any atom is -0.493 e. The van der Waals surface area contributed by atoms with Crippen molar-refractivity contribution in [1.82, 2.24) is 0 Å². The Bertz CT molecular complexity index is 1070. The summed E-state index contributed by atoms with van der Waals surface area (Å²) in [6.07, 6.45) is 5.07. The third kappa shape index (κ3) is 8.96. The lowest BCUT2D eigenvalue weighted by Crippen LogP contribution is -2.24. The number of benzene rings is 2. The fourth-order valence-corrected chi connectivity index (χ4v) is 3.37. The number of carbonyl (C=O) groups is 2. The van der Waals surface area contributed by atoms with Gasteiger partial charge in [-0.25, -0.2) is 0 Å². The summed E-state index contributed by atoms with van der Waals surface area (Å²) in [5.41, 5.74) is 1.60. The van der Waals surface area contributed by atoms with Crippen molar-refractivity contribution in [3.63, 3.8) is 0 Å². The Labute approximate surface area is 222 Å². The third-order valence-electron chi connectivity index (χ3n) is 5.44. The van der Waals surface area contributed by atoms with E-state index in [1.165, 1.54) is 0 Å². The maximum Gasteiger partial charge on any atom is 0.314 e. The fraction of sp³-hybridized carbons (Fsp3) is 0.484. The van der Waals surface area contributed by atoms with Crippen LogP contribution >= 0.6 is 0 Å². The van der Waals surface area contributed by atoms with Gasteiger partial charge < -0.3 is 18.9 Å². The molecule has 0 amide bonds. The predicted octanol–water partition coefficient (Wildman–Crippen LogP) is 7.38. The second kappa shape index (κ2) is 13.3. The van der Waals surface area contributed by atoms with Crippen molar-refractivity contribution >= 4 is 17.8 Å². The maximum atomic E-state index is 13.0. The van der Waals surface area contributed by atoms with Gasteiger partial charge in [-0.15, -0.1) is 0 Å². The Morgan fingerprint density at radius 2 is 1.43 bits per heavy atom. The van der Waals surface area contributed by atoms with E-state index in [2.05, 4.69) is 34.6 Å². The zero-order valence-corrected chi connectivity index (χ0v) is 23.6. The SMILES string of the molecule is CCCOc1ccc(C(C)(C)C)c(OCCC)c1C=CC(=O)c1ccc(OCOC(=O)C(C)(C)C)cc1. The molecule has 6 nitrogen and oxygen atoms in total. The summed E-state index contributed by atoms with van der Waals surface area (Å²) in [4.78, 5) is 24.9. The van der Waals surface area contributed by atoms with Crippen LogP contribution in [0, 0.1) is 5.41 Å². The minimum absolute atomic E-state index is 0.143. The first-order valence-corrected chi connectivity index (χ1v) is 12.9. The fourth-order valence-electron chi connectivity index (χ4n) is 3.37. The average Bonchev–Trinajstić information content (AvgIpc) is 2.83. The topological polar surface area (TPSA) is 71.1 Å². The summed E-state index contributed by atoms with van der Waals surface area (Å²) >= 11 is 0. The van der Waals surface area contributed by atoms with E-state index in [0.717, 1.165) is 29.7 Å². The van der Waals surface area contributed by atoms with Gasteiger partial charge in [-0.2, -0.15) is 0 Å². The van der Waals surface area contributed by atoms with Crippen LogP contribution in [0.15, 0.2) is 42.5 Å². The predicted molar refractivity (Wildman–Crippen MR) is 148 cm³/mol. The molecule has 2 rings (SSSR count). The van der Waals surface area contributed by atoms with Crippen LogP contribution in [0.2, 0.25) is 0 Å². The first-order chi connectivity index (χ1) is 17.4. The molecule has 0 unspecified atom stereocenters. The number of esters is 1. The molecular formula is C31H42O6. The van der Waals surface area contributed by atoms with Crippen LogP contribution in [0.1, 0.15) is 89.7 Å². The summed E-state index contributed by atoms with van der Waals surface area (Å²) in [7, 11) is 0. The van der Waals surface area contributed by atoms with Crippen molar-refractivity contribution in [1.29, 1.82) is 0 Å². The van der Waals surface area contributed by atoms with Crippen molar-refractivity contribution < 1.29 is 28.5 Å². The van der Waals surface area contributed by atoms with Crippen LogP contribution in [-0.2, 0) is 14.9 Å². The van der Waals surface area contributed by atoms with Crippen LogP contribution in [0.3, 0.4) is 0 Å². The van der Waals surface area contributed by atoms with E-state index in [4.69, 9.17) is 18.9 Å². The van der Waals surface area contributed by atoms with Crippen LogP contribution in [0.25, 0.3) is 6.08 Å². The van der Waals surface area contributed by atoms with E-state index in [0.29, 0.717) is 30.3 Å². The van der Waals surface area contributed by atoms with Gasteiger partial charge in [0.1, 0.15) is 17.2 Å². The molecule has 0 aliphatic heterocycles. The van der Waals surface area contributed by atoms with Crippen LogP contribution in [-0.4, -0.2) is 31.8 Å². The first kappa shape index (κ1) is 29.9. The molecule has 0 radical (unpaired) electrons. The molecule has 0 saturated carbocycles. The second-order valence-electron chi connectivity index (χ2n) is 11.0. The number of allylic oxidation sites excluding steroid dienone is 1. The molecular weight excluding hydrogens is 468 g/mol. The molecule has 0 aromatic heterocycles. The van der Waals surface area contributed by atoms with E-state index in [-0.39, 0.29) is 24.0 Å². The Morgan fingerprint density at radius 3 is 2.00 bits per heavy atom. The molecule has 202 valence electrons. The largest absolute Gasteiger partial charge is 0.493 e. The molecule has 0 saturated heterocycles. The summed E-state index contributed by atoms with van der Waals surface area (Å²) < 4.78 is 22.8. The summed E-state index contributed by atoms with van der Waals surface area (Å²) in [6.45, 7) is 16.8. The number of ether oxygens (including phenoxy) is 4. The Morgan fingerprint density at radius 1 is 0.811 bits per heavy atom. The van der Waals surface area contributed by atoms with Crippen molar-refractivity contribution in [2.45, 2.75) is 73.6 Å². The van der Waals surface area contributed by atoms with E-state index in [1.807, 2.05) is 12.1 Å². The normalized spacial score (nSPS) is 11.9. The second-order valence-corrected chi connectivity index (χ2v) is 11.0. The van der Waals surface area contributed by atoms with Gasteiger partial charge in [0.15, 0.2) is 5.78 Å². The lowest BCUT2D eigenvalue weighted by Gasteiger charge is -2.25. The highest BCUT2D eigenvalue weighted by Crippen LogP contribution is 2.40. The van der Waals surface area contributed by atoms with E-state index >= 15 is 0 Å². The van der Waals surface area contributed by atoms with E-state index < -0.39 is 5.41 Å². The molecule has 0 N–H and O–H groups in total. The van der Waals surface area contributed by atoms with Gasteiger partial charge in [0.05, 0.1) is 24.2 Å². The highest BCUT2D eigenvalue weighted by Gasteiger charge is 2.24. The summed E-state index contributed by atoms with van der Waals surface area (Å²) in [6, 6.07) is 10.7. The monoisotopic (exact) mass is 510 g/mol. The van der Waals surface area contributed by atoms with Gasteiger partial charge in [-0.3, -0.25) is 9.59 Å². The Kier molecular flexibility index (Phi) is 10.8. The number of hydrogen-bond acceptors (Lipinski definition) is 6. The number of hydrogen-bond donors (Lipinski definition) is 0. The van der Waals surface area contributed by atoms with Crippen molar-refractivity contribution in [3.8, 4) is 17.2 Å². The van der Waals surface area contributed by atoms with E-state index in [9.17, 15) is 9.59 Å². The van der Waals surface area contributed by atoms with E-state index in [1.54, 1.807) is 57.2 Å². The molecule has 0 heterocycles. The zero-order valence-electron chi connectivity index (χ0n) is 23.6. The molecule has 37 heavy (non-hydrogen) atoms. The first-order valence-electron chi connectivity index (χ1n) is 12.9. The van der Waals surface area contributed by atoms with Gasteiger partial charge in [-0.1, -0.05) is 40.7 Å². The summed E-state index contributed by atoms with van der Waals surface area (Å²) in [5.74, 6) is 1.45. The number of carbonyl (C=O) groups excluding carboxylic acids is 2. The molecule has 0 spiro atoms. The van der Waals surface area contributed by atoms with Crippen LogP contribution in [0.4, 0.5) is 0 Å². The third-order valence-corrected chi connectivity index (χ3v) is 5.44. The molecule has 0 atom stereocenters. The molecule has 0 fully saturated rings. The lowest BCUT2D eigenvalue weighted by atomic mass is 9.84. The standard InChI is InChI=1S/C31H42O6/c1-9-19-34-27-18-16-25(30(3,4)5)28(35-20-10-2)24(27)15-17-26(32)22-11-13-23(14-12-22)36-21-37-29(33)31(6,7)8/h11-18H,9-10,19-21H2,1-8H3. The summed E-state index contributed by atoms with van der Waals surface area (Å²) in [5, 5.41) is 0. The highest BCUT2D eigenvalue weighted by atomic mass is 16.7. The molecule has 6 heteroatoms. The molecule has 2 aromatic carbocycles. The quantitative estimate of drug-likeness (QED) is 0.128. The molecule has 0 aliphatic carbocycles. The van der Waals surface area contributed by atoms with Crippen molar-refractivity contribution in [2.75, 3.05) is 20.0 Å². The maximum absolute atomic E-state index is 13.0. The highest BCUT2D eigenvalue weighted by molar-refractivity contribution is 6.07. The smallest absolute Gasteiger partial charge is 0.314 e. The lowest BCUT2D eigenvalue weighted by molar-refractivity contribution is -0.159. The molecule has 0 aliphatic rings. The minimum atomic E-state index is -0.596. The van der Waals surface area contributed by atoms with Gasteiger partial charge in [-0.05, 0) is 81.5 Å².